The van der Waals surface area contributed by atoms with Crippen molar-refractivity contribution in [1.29, 1.82) is 5.26 Å². The summed E-state index contributed by atoms with van der Waals surface area (Å²) in [4.78, 5) is 2.36. The molecule has 1 aliphatic heterocycles. The van der Waals surface area contributed by atoms with Crippen LogP contribution in [0.15, 0.2) is 11.6 Å². The summed E-state index contributed by atoms with van der Waals surface area (Å²) in [5.74, 6) is 0.497. The molecular formula is C10H14N2O. The van der Waals surface area contributed by atoms with Crippen LogP contribution in [0.1, 0.15) is 12.8 Å². The molecule has 0 aromatic carbocycles. The lowest BCUT2D eigenvalue weighted by Crippen LogP contribution is -2.32. The maximum Gasteiger partial charge on any atom is 0.0944 e. The van der Waals surface area contributed by atoms with Gasteiger partial charge in [-0.25, -0.2) is 0 Å². The van der Waals surface area contributed by atoms with Crippen molar-refractivity contribution in [3.05, 3.63) is 11.6 Å². The van der Waals surface area contributed by atoms with E-state index in [-0.39, 0.29) is 0 Å². The van der Waals surface area contributed by atoms with E-state index < -0.39 is 0 Å². The third-order valence-corrected chi connectivity index (χ3v) is 2.97. The molecule has 70 valence electrons. The first-order valence-electron chi connectivity index (χ1n) is 4.79. The Morgan fingerprint density at radius 2 is 2.54 bits per heavy atom. The van der Waals surface area contributed by atoms with E-state index in [9.17, 15) is 0 Å². The molecular weight excluding hydrogens is 164 g/mol. The Morgan fingerprint density at radius 3 is 3.00 bits per heavy atom. The molecule has 1 heterocycles. The number of hydrogen-bond acceptors (Lipinski definition) is 3. The molecule has 1 fully saturated rings. The van der Waals surface area contributed by atoms with E-state index in [1.807, 2.05) is 6.08 Å². The quantitative estimate of drug-likeness (QED) is 0.670. The zero-order valence-corrected chi connectivity index (χ0v) is 7.61. The van der Waals surface area contributed by atoms with Crippen LogP contribution in [-0.4, -0.2) is 35.7 Å². The summed E-state index contributed by atoms with van der Waals surface area (Å²) in [6, 6.07) is 2.78. The molecule has 3 heteroatoms. The standard InChI is InChI=1S/C10H14N2O/c11-6-8-1-3-12(4-2-8)10-5-9(10)7-13/h1,9-10,13H,2-5,7H2. The fourth-order valence-electron chi connectivity index (χ4n) is 1.96. The van der Waals surface area contributed by atoms with Gasteiger partial charge < -0.3 is 5.11 Å². The SMILES string of the molecule is N#CC1=CCN(C2CC2CO)CC1. The van der Waals surface area contributed by atoms with E-state index in [1.165, 1.54) is 0 Å². The van der Waals surface area contributed by atoms with Gasteiger partial charge in [-0.05, 0) is 18.8 Å². The molecule has 0 saturated heterocycles. The number of aliphatic hydroxyl groups is 1. The van der Waals surface area contributed by atoms with E-state index in [0.717, 1.165) is 31.5 Å². The van der Waals surface area contributed by atoms with Crippen molar-refractivity contribution in [2.75, 3.05) is 19.7 Å². The molecule has 0 radical (unpaired) electrons. The highest BCUT2D eigenvalue weighted by Gasteiger charge is 2.40. The lowest BCUT2D eigenvalue weighted by Gasteiger charge is -2.24. The first-order valence-corrected chi connectivity index (χ1v) is 4.79. The first-order chi connectivity index (χ1) is 6.35. The van der Waals surface area contributed by atoms with E-state index in [2.05, 4.69) is 11.0 Å². The fourth-order valence-corrected chi connectivity index (χ4v) is 1.96. The molecule has 2 atom stereocenters. The summed E-state index contributed by atoms with van der Waals surface area (Å²) >= 11 is 0. The van der Waals surface area contributed by atoms with Crippen molar-refractivity contribution < 1.29 is 5.11 Å². The second-order valence-electron chi connectivity index (χ2n) is 3.83. The molecule has 2 aliphatic rings. The Kier molecular flexibility index (Phi) is 2.34. The lowest BCUT2D eigenvalue weighted by atomic mass is 10.1. The van der Waals surface area contributed by atoms with Crippen LogP contribution in [0.3, 0.4) is 0 Å². The third-order valence-electron chi connectivity index (χ3n) is 2.97. The lowest BCUT2D eigenvalue weighted by molar-refractivity contribution is 0.225. The van der Waals surface area contributed by atoms with Crippen molar-refractivity contribution in [2.24, 2.45) is 5.92 Å². The molecule has 0 amide bonds. The van der Waals surface area contributed by atoms with Crippen molar-refractivity contribution in [1.82, 2.24) is 4.90 Å². The van der Waals surface area contributed by atoms with Crippen molar-refractivity contribution >= 4 is 0 Å². The van der Waals surface area contributed by atoms with Gasteiger partial charge in [0, 0.05) is 31.3 Å². The van der Waals surface area contributed by atoms with Gasteiger partial charge in [0.2, 0.25) is 0 Å². The molecule has 0 aromatic heterocycles. The summed E-state index contributed by atoms with van der Waals surface area (Å²) < 4.78 is 0. The fraction of sp³-hybridized carbons (Fsp3) is 0.700. The predicted octanol–water partition coefficient (Wildman–Crippen LogP) is 0.523. The zero-order chi connectivity index (χ0) is 9.26. The molecule has 3 nitrogen and oxygen atoms in total. The maximum atomic E-state index is 8.91. The van der Waals surface area contributed by atoms with Crippen LogP contribution in [0.25, 0.3) is 0 Å². The molecule has 2 rings (SSSR count). The number of rotatable bonds is 2. The summed E-state index contributed by atoms with van der Waals surface area (Å²) in [7, 11) is 0. The van der Waals surface area contributed by atoms with Gasteiger partial charge >= 0.3 is 0 Å². The van der Waals surface area contributed by atoms with Crippen LogP contribution in [0.2, 0.25) is 0 Å². The van der Waals surface area contributed by atoms with Crippen molar-refractivity contribution in [3.63, 3.8) is 0 Å². The zero-order valence-electron chi connectivity index (χ0n) is 7.61. The topological polar surface area (TPSA) is 47.3 Å². The predicted molar refractivity (Wildman–Crippen MR) is 48.9 cm³/mol. The maximum absolute atomic E-state index is 8.91. The molecule has 1 aliphatic carbocycles. The Hall–Kier alpha value is -0.850. The molecule has 13 heavy (non-hydrogen) atoms. The van der Waals surface area contributed by atoms with Crippen LogP contribution in [0, 0.1) is 17.2 Å². The van der Waals surface area contributed by atoms with Gasteiger partial charge in [0.15, 0.2) is 0 Å². The second-order valence-corrected chi connectivity index (χ2v) is 3.83. The third kappa shape index (κ3) is 1.74. The minimum absolute atomic E-state index is 0.315. The Morgan fingerprint density at radius 1 is 1.69 bits per heavy atom. The Labute approximate surface area is 78.3 Å². The van der Waals surface area contributed by atoms with E-state index in [4.69, 9.17) is 10.4 Å². The van der Waals surface area contributed by atoms with Crippen LogP contribution in [-0.2, 0) is 0 Å². The van der Waals surface area contributed by atoms with E-state index in [1.54, 1.807) is 0 Å². The summed E-state index contributed by atoms with van der Waals surface area (Å²) in [5, 5.41) is 17.6. The average molecular weight is 178 g/mol. The average Bonchev–Trinajstić information content (AvgIpc) is 2.97. The number of hydrogen-bond donors (Lipinski definition) is 1. The van der Waals surface area contributed by atoms with Gasteiger partial charge in [-0.2, -0.15) is 5.26 Å². The Balaban J connectivity index is 1.87. The number of nitriles is 1. The number of aliphatic hydroxyl groups excluding tert-OH is 1. The van der Waals surface area contributed by atoms with Crippen LogP contribution in [0.5, 0.6) is 0 Å². The van der Waals surface area contributed by atoms with Crippen molar-refractivity contribution in [3.8, 4) is 6.07 Å². The summed E-state index contributed by atoms with van der Waals surface area (Å²) in [5.41, 5.74) is 0.914. The summed E-state index contributed by atoms with van der Waals surface area (Å²) in [6.07, 6.45) is 4.02. The number of nitrogens with zero attached hydrogens (tertiary/aromatic N) is 2. The van der Waals surface area contributed by atoms with Crippen LogP contribution in [0.4, 0.5) is 0 Å². The van der Waals surface area contributed by atoms with Gasteiger partial charge in [0.05, 0.1) is 6.07 Å². The highest BCUT2D eigenvalue weighted by atomic mass is 16.3. The van der Waals surface area contributed by atoms with Gasteiger partial charge in [0.1, 0.15) is 0 Å². The molecule has 1 N–H and O–H groups in total. The van der Waals surface area contributed by atoms with Crippen LogP contribution < -0.4 is 0 Å². The highest BCUT2D eigenvalue weighted by Crippen LogP contribution is 2.36. The normalized spacial score (nSPS) is 33.7. The molecule has 1 saturated carbocycles. The summed E-state index contributed by atoms with van der Waals surface area (Å²) in [6.45, 7) is 2.20. The van der Waals surface area contributed by atoms with E-state index in [0.29, 0.717) is 18.6 Å². The largest absolute Gasteiger partial charge is 0.396 e. The monoisotopic (exact) mass is 178 g/mol. The highest BCUT2D eigenvalue weighted by molar-refractivity contribution is 5.23. The van der Waals surface area contributed by atoms with Gasteiger partial charge in [-0.3, -0.25) is 4.90 Å². The second kappa shape index (κ2) is 3.49. The minimum atomic E-state index is 0.315. The molecule has 0 bridgehead atoms. The van der Waals surface area contributed by atoms with Gasteiger partial charge in [-0.15, -0.1) is 0 Å². The Bertz CT molecular complexity index is 267. The molecule has 2 unspecified atom stereocenters. The van der Waals surface area contributed by atoms with Gasteiger partial charge in [0.25, 0.3) is 0 Å². The molecule has 0 aromatic rings. The van der Waals surface area contributed by atoms with Gasteiger partial charge in [-0.1, -0.05) is 6.08 Å². The smallest absolute Gasteiger partial charge is 0.0944 e. The first kappa shape index (κ1) is 8.74. The molecule has 0 spiro atoms. The van der Waals surface area contributed by atoms with Crippen LogP contribution >= 0.6 is 0 Å². The minimum Gasteiger partial charge on any atom is -0.396 e. The van der Waals surface area contributed by atoms with E-state index >= 15 is 0 Å². The van der Waals surface area contributed by atoms with Crippen molar-refractivity contribution in [2.45, 2.75) is 18.9 Å².